The SMILES string of the molecule is NCc1ccc(CN(C[C@H](O)[C@@H](O)[C@H](O)[C@H](O)CO)C[C@H](O)[C@@H](O)[C@H](O)[C@H](O)CO)cc1. The van der Waals surface area contributed by atoms with E-state index in [1.54, 1.807) is 24.3 Å². The molecule has 12 nitrogen and oxygen atoms in total. The molecule has 1 aromatic rings. The molecule has 12 N–H and O–H groups in total. The summed E-state index contributed by atoms with van der Waals surface area (Å²) in [5.41, 5.74) is 7.16. The van der Waals surface area contributed by atoms with E-state index in [2.05, 4.69) is 0 Å². The van der Waals surface area contributed by atoms with Crippen LogP contribution in [0.5, 0.6) is 0 Å². The fraction of sp³-hybridized carbons (Fsp3) is 0.700. The van der Waals surface area contributed by atoms with E-state index in [9.17, 15) is 40.9 Å². The topological polar surface area (TPSA) is 232 Å². The third-order valence-corrected chi connectivity index (χ3v) is 5.21. The number of rotatable bonds is 15. The van der Waals surface area contributed by atoms with Crippen molar-refractivity contribution in [1.82, 2.24) is 4.90 Å². The molecule has 186 valence electrons. The molecule has 0 bridgehead atoms. The van der Waals surface area contributed by atoms with Gasteiger partial charge in [0.05, 0.1) is 25.4 Å². The first kappa shape index (κ1) is 28.8. The molecule has 1 rings (SSSR count). The molecule has 0 unspecified atom stereocenters. The van der Waals surface area contributed by atoms with Gasteiger partial charge in [-0.3, -0.25) is 4.90 Å². The van der Waals surface area contributed by atoms with Crippen molar-refractivity contribution >= 4 is 0 Å². The molecule has 0 heterocycles. The van der Waals surface area contributed by atoms with Crippen LogP contribution in [0.4, 0.5) is 0 Å². The molecule has 0 radical (unpaired) electrons. The van der Waals surface area contributed by atoms with E-state index in [0.717, 1.165) is 11.1 Å². The summed E-state index contributed by atoms with van der Waals surface area (Å²) in [4.78, 5) is 1.41. The van der Waals surface area contributed by atoms with Gasteiger partial charge in [0.25, 0.3) is 0 Å². The second-order valence-corrected chi connectivity index (χ2v) is 7.81. The van der Waals surface area contributed by atoms with Gasteiger partial charge in [0.2, 0.25) is 0 Å². The Bertz CT molecular complexity index is 607. The fourth-order valence-electron chi connectivity index (χ4n) is 3.11. The summed E-state index contributed by atoms with van der Waals surface area (Å²) in [5.74, 6) is 0. The molecule has 0 saturated heterocycles. The minimum Gasteiger partial charge on any atom is -0.394 e. The van der Waals surface area contributed by atoms with Crippen molar-refractivity contribution in [3.05, 3.63) is 35.4 Å². The van der Waals surface area contributed by atoms with E-state index in [4.69, 9.17) is 15.9 Å². The maximum atomic E-state index is 10.3. The quantitative estimate of drug-likeness (QED) is 0.117. The number of nitrogens with zero attached hydrogens (tertiary/aromatic N) is 1. The average Bonchev–Trinajstić information content (AvgIpc) is 2.81. The van der Waals surface area contributed by atoms with Gasteiger partial charge in [0.15, 0.2) is 0 Å². The van der Waals surface area contributed by atoms with Crippen LogP contribution >= 0.6 is 0 Å². The van der Waals surface area contributed by atoms with Crippen LogP contribution in [0.15, 0.2) is 24.3 Å². The van der Waals surface area contributed by atoms with Gasteiger partial charge >= 0.3 is 0 Å². The molecule has 0 aliphatic heterocycles. The van der Waals surface area contributed by atoms with E-state index in [-0.39, 0.29) is 19.6 Å². The Morgan fingerprint density at radius 1 is 0.594 bits per heavy atom. The Morgan fingerprint density at radius 3 is 1.28 bits per heavy atom. The largest absolute Gasteiger partial charge is 0.394 e. The zero-order valence-electron chi connectivity index (χ0n) is 17.7. The minimum absolute atomic E-state index is 0.107. The van der Waals surface area contributed by atoms with Crippen LogP contribution in [-0.4, -0.2) is 131 Å². The van der Waals surface area contributed by atoms with Crippen molar-refractivity contribution in [2.24, 2.45) is 5.73 Å². The normalized spacial score (nSPS) is 19.8. The molecular weight excluding hydrogens is 428 g/mol. The highest BCUT2D eigenvalue weighted by atomic mass is 16.4. The number of aliphatic hydroxyl groups is 10. The Labute approximate surface area is 186 Å². The zero-order valence-corrected chi connectivity index (χ0v) is 17.7. The van der Waals surface area contributed by atoms with Crippen molar-refractivity contribution in [1.29, 1.82) is 0 Å². The van der Waals surface area contributed by atoms with E-state index in [1.165, 1.54) is 4.90 Å². The van der Waals surface area contributed by atoms with Crippen LogP contribution in [-0.2, 0) is 13.1 Å². The first-order chi connectivity index (χ1) is 15.0. The van der Waals surface area contributed by atoms with Gasteiger partial charge in [-0.15, -0.1) is 0 Å². The standard InChI is InChI=1S/C20H36N2O10/c21-5-11-1-3-12(4-2-11)6-22(7-13(25)17(29)19(31)15(27)9-23)8-14(26)18(30)20(32)16(28)10-24/h1-4,13-20,23-32H,5-10,21H2/t13-,14-,15+,16+,17+,18+,19+,20+/m0/s1. The molecule has 0 saturated carbocycles. The van der Waals surface area contributed by atoms with E-state index >= 15 is 0 Å². The summed E-state index contributed by atoms with van der Waals surface area (Å²) in [6, 6.07) is 7.03. The van der Waals surface area contributed by atoms with Crippen molar-refractivity contribution in [3.8, 4) is 0 Å². The molecule has 32 heavy (non-hydrogen) atoms. The van der Waals surface area contributed by atoms with Crippen molar-refractivity contribution in [3.63, 3.8) is 0 Å². The first-order valence-electron chi connectivity index (χ1n) is 10.2. The van der Waals surface area contributed by atoms with Crippen LogP contribution < -0.4 is 5.73 Å². The molecular formula is C20H36N2O10. The zero-order chi connectivity index (χ0) is 24.4. The van der Waals surface area contributed by atoms with Crippen LogP contribution in [0.1, 0.15) is 11.1 Å². The van der Waals surface area contributed by atoms with E-state index in [1.807, 2.05) is 0 Å². The summed E-state index contributed by atoms with van der Waals surface area (Å²) in [7, 11) is 0. The van der Waals surface area contributed by atoms with Gasteiger partial charge in [-0.1, -0.05) is 24.3 Å². The Hall–Kier alpha value is -1.26. The Kier molecular flexibility index (Phi) is 12.7. The molecule has 0 fully saturated rings. The number of aliphatic hydroxyl groups excluding tert-OH is 10. The molecule has 1 aromatic carbocycles. The van der Waals surface area contributed by atoms with Crippen molar-refractivity contribution in [2.75, 3.05) is 26.3 Å². The monoisotopic (exact) mass is 464 g/mol. The number of nitrogens with two attached hydrogens (primary N) is 1. The maximum absolute atomic E-state index is 10.3. The summed E-state index contributed by atoms with van der Waals surface area (Å²) in [5, 5.41) is 97.2. The lowest BCUT2D eigenvalue weighted by Crippen LogP contribution is -2.53. The van der Waals surface area contributed by atoms with Crippen LogP contribution in [0.2, 0.25) is 0 Å². The van der Waals surface area contributed by atoms with Gasteiger partial charge < -0.3 is 56.8 Å². The van der Waals surface area contributed by atoms with Crippen LogP contribution in [0, 0.1) is 0 Å². The molecule has 0 aliphatic carbocycles. The van der Waals surface area contributed by atoms with Gasteiger partial charge in [-0.25, -0.2) is 0 Å². The average molecular weight is 465 g/mol. The summed E-state index contributed by atoms with van der Waals surface area (Å²) >= 11 is 0. The van der Waals surface area contributed by atoms with E-state index < -0.39 is 62.0 Å². The molecule has 0 spiro atoms. The third kappa shape index (κ3) is 8.59. The van der Waals surface area contributed by atoms with E-state index in [0.29, 0.717) is 6.54 Å². The summed E-state index contributed by atoms with van der Waals surface area (Å²) < 4.78 is 0. The Morgan fingerprint density at radius 2 is 0.938 bits per heavy atom. The minimum atomic E-state index is -1.84. The lowest BCUT2D eigenvalue weighted by molar-refractivity contribution is -0.131. The van der Waals surface area contributed by atoms with Crippen molar-refractivity contribution < 1.29 is 51.1 Å². The summed E-state index contributed by atoms with van der Waals surface area (Å²) in [6.07, 6.45) is -13.9. The highest BCUT2D eigenvalue weighted by molar-refractivity contribution is 5.22. The van der Waals surface area contributed by atoms with Gasteiger partial charge in [0, 0.05) is 26.2 Å². The van der Waals surface area contributed by atoms with Gasteiger partial charge in [0.1, 0.15) is 36.6 Å². The van der Waals surface area contributed by atoms with Gasteiger partial charge in [-0.2, -0.15) is 0 Å². The molecule has 0 aromatic heterocycles. The number of benzene rings is 1. The lowest BCUT2D eigenvalue weighted by Gasteiger charge is -2.33. The first-order valence-corrected chi connectivity index (χ1v) is 10.2. The van der Waals surface area contributed by atoms with Gasteiger partial charge in [-0.05, 0) is 11.1 Å². The lowest BCUT2D eigenvalue weighted by atomic mass is 10.0. The highest BCUT2D eigenvalue weighted by Gasteiger charge is 2.34. The second-order valence-electron chi connectivity index (χ2n) is 7.81. The second kappa shape index (κ2) is 14.1. The smallest absolute Gasteiger partial charge is 0.111 e. The van der Waals surface area contributed by atoms with Crippen LogP contribution in [0.3, 0.4) is 0 Å². The maximum Gasteiger partial charge on any atom is 0.111 e. The molecule has 12 heteroatoms. The van der Waals surface area contributed by atoms with Crippen LogP contribution in [0.25, 0.3) is 0 Å². The van der Waals surface area contributed by atoms with Crippen molar-refractivity contribution in [2.45, 2.75) is 61.9 Å². The third-order valence-electron chi connectivity index (χ3n) is 5.21. The fourth-order valence-corrected chi connectivity index (χ4v) is 3.11. The molecule has 0 aliphatic rings. The molecule has 8 atom stereocenters. The predicted molar refractivity (Wildman–Crippen MR) is 112 cm³/mol. The number of hydrogen-bond acceptors (Lipinski definition) is 12. The Balaban J connectivity index is 2.96. The number of hydrogen-bond donors (Lipinski definition) is 11. The summed E-state index contributed by atoms with van der Waals surface area (Å²) in [6.45, 7) is -1.91. The predicted octanol–water partition coefficient (Wildman–Crippen LogP) is -5.18. The molecule has 0 amide bonds. The highest BCUT2D eigenvalue weighted by Crippen LogP contribution is 2.14.